The Hall–Kier alpha value is -0.380. The largest absolute Gasteiger partial charge is 0.303 e. The summed E-state index contributed by atoms with van der Waals surface area (Å²) in [5, 5.41) is 0. The van der Waals surface area contributed by atoms with E-state index < -0.39 is 15.3 Å². The molecule has 0 spiro atoms. The van der Waals surface area contributed by atoms with Crippen LogP contribution in [0.3, 0.4) is 0 Å². The lowest BCUT2D eigenvalue weighted by Gasteiger charge is -2.41. The molecule has 0 aromatic heterocycles. The van der Waals surface area contributed by atoms with Crippen molar-refractivity contribution in [2.45, 2.75) is 25.7 Å². The number of carbonyl (C=O) groups is 1. The van der Waals surface area contributed by atoms with Gasteiger partial charge >= 0.3 is 0 Å². The van der Waals surface area contributed by atoms with Gasteiger partial charge in [0.25, 0.3) is 0 Å². The van der Waals surface area contributed by atoms with Gasteiger partial charge in [0.1, 0.15) is 6.29 Å². The maximum absolute atomic E-state index is 11.1. The summed E-state index contributed by atoms with van der Waals surface area (Å²) in [7, 11) is -2.87. The van der Waals surface area contributed by atoms with Gasteiger partial charge in [0.2, 0.25) is 0 Å². The first-order valence-electron chi connectivity index (χ1n) is 4.75. The van der Waals surface area contributed by atoms with Crippen molar-refractivity contribution in [3.8, 4) is 0 Å². The van der Waals surface area contributed by atoms with Crippen LogP contribution >= 0.6 is 0 Å². The van der Waals surface area contributed by atoms with Crippen molar-refractivity contribution in [2.24, 2.45) is 11.3 Å². The normalized spacial score (nSPS) is 31.1. The standard InChI is InChI=1S/C9H14O3S/c10-5-9(6-13(11,12)7-9)8-3-1-2-4-8/h5,8H,1-4,6-7H2. The molecular formula is C9H14O3S. The topological polar surface area (TPSA) is 51.2 Å². The lowest BCUT2D eigenvalue weighted by Crippen LogP contribution is -2.53. The number of aldehydes is 1. The molecule has 74 valence electrons. The number of hydrogen-bond acceptors (Lipinski definition) is 3. The Balaban J connectivity index is 2.14. The summed E-state index contributed by atoms with van der Waals surface area (Å²) in [6, 6.07) is 0. The predicted molar refractivity (Wildman–Crippen MR) is 49.1 cm³/mol. The van der Waals surface area contributed by atoms with Crippen LogP contribution in [0.4, 0.5) is 0 Å². The molecule has 1 saturated heterocycles. The zero-order chi connectivity index (χ0) is 9.53. The molecule has 13 heavy (non-hydrogen) atoms. The average Bonchev–Trinajstić information content (AvgIpc) is 2.51. The minimum atomic E-state index is -2.87. The Morgan fingerprint density at radius 2 is 1.69 bits per heavy atom. The van der Waals surface area contributed by atoms with Crippen LogP contribution < -0.4 is 0 Å². The van der Waals surface area contributed by atoms with Crippen molar-refractivity contribution in [3.05, 3.63) is 0 Å². The van der Waals surface area contributed by atoms with E-state index in [-0.39, 0.29) is 11.5 Å². The highest BCUT2D eigenvalue weighted by Gasteiger charge is 2.53. The monoisotopic (exact) mass is 202 g/mol. The highest BCUT2D eigenvalue weighted by atomic mass is 32.2. The Labute approximate surface area is 78.4 Å². The number of rotatable bonds is 2. The lowest BCUT2D eigenvalue weighted by atomic mass is 9.78. The van der Waals surface area contributed by atoms with E-state index in [1.807, 2.05) is 0 Å². The van der Waals surface area contributed by atoms with Crippen molar-refractivity contribution in [1.82, 2.24) is 0 Å². The summed E-state index contributed by atoms with van der Waals surface area (Å²) >= 11 is 0. The molecule has 0 aromatic carbocycles. The van der Waals surface area contributed by atoms with E-state index >= 15 is 0 Å². The highest BCUT2D eigenvalue weighted by Crippen LogP contribution is 2.45. The molecule has 0 bridgehead atoms. The highest BCUT2D eigenvalue weighted by molar-refractivity contribution is 7.93. The molecule has 2 rings (SSSR count). The van der Waals surface area contributed by atoms with Gasteiger partial charge in [0.05, 0.1) is 16.9 Å². The van der Waals surface area contributed by atoms with Gasteiger partial charge in [0.15, 0.2) is 9.84 Å². The van der Waals surface area contributed by atoms with Crippen LogP contribution in [0.5, 0.6) is 0 Å². The third-order valence-corrected chi connectivity index (χ3v) is 5.33. The second-order valence-corrected chi connectivity index (χ2v) is 6.43. The molecule has 0 unspecified atom stereocenters. The Kier molecular flexibility index (Phi) is 1.98. The summed E-state index contributed by atoms with van der Waals surface area (Å²) in [5.41, 5.74) is -0.491. The Morgan fingerprint density at radius 3 is 2.08 bits per heavy atom. The van der Waals surface area contributed by atoms with Crippen molar-refractivity contribution in [3.63, 3.8) is 0 Å². The first kappa shape index (κ1) is 9.19. The molecule has 4 heteroatoms. The van der Waals surface area contributed by atoms with Crippen LogP contribution in [-0.2, 0) is 14.6 Å². The first-order chi connectivity index (χ1) is 6.08. The lowest BCUT2D eigenvalue weighted by molar-refractivity contribution is -0.117. The summed E-state index contributed by atoms with van der Waals surface area (Å²) in [4.78, 5) is 10.9. The fourth-order valence-electron chi connectivity index (χ4n) is 2.68. The maximum atomic E-state index is 11.1. The van der Waals surface area contributed by atoms with E-state index in [1.165, 1.54) is 0 Å². The predicted octanol–water partition coefficient (Wildman–Crippen LogP) is 0.790. The summed E-state index contributed by atoms with van der Waals surface area (Å²) in [6.07, 6.45) is 5.27. The van der Waals surface area contributed by atoms with Crippen LogP contribution in [0.15, 0.2) is 0 Å². The molecule has 0 radical (unpaired) electrons. The van der Waals surface area contributed by atoms with Crippen molar-refractivity contribution < 1.29 is 13.2 Å². The zero-order valence-corrected chi connectivity index (χ0v) is 8.35. The van der Waals surface area contributed by atoms with Crippen LogP contribution in [-0.4, -0.2) is 26.2 Å². The fourth-order valence-corrected chi connectivity index (χ4v) is 4.84. The molecule has 1 aliphatic carbocycles. The van der Waals surface area contributed by atoms with E-state index in [9.17, 15) is 13.2 Å². The van der Waals surface area contributed by atoms with Crippen LogP contribution in [0.25, 0.3) is 0 Å². The SMILES string of the molecule is O=CC1(C2CCCC2)CS(=O)(=O)C1. The molecule has 0 atom stereocenters. The van der Waals surface area contributed by atoms with E-state index in [2.05, 4.69) is 0 Å². The smallest absolute Gasteiger partial charge is 0.152 e. The van der Waals surface area contributed by atoms with Crippen molar-refractivity contribution >= 4 is 16.1 Å². The molecule has 3 nitrogen and oxygen atoms in total. The van der Waals surface area contributed by atoms with Gasteiger partial charge in [-0.05, 0) is 18.8 Å². The average molecular weight is 202 g/mol. The summed E-state index contributed by atoms with van der Waals surface area (Å²) in [5.74, 6) is 0.552. The summed E-state index contributed by atoms with van der Waals surface area (Å²) in [6.45, 7) is 0. The third kappa shape index (κ3) is 1.41. The van der Waals surface area contributed by atoms with Crippen molar-refractivity contribution in [2.75, 3.05) is 11.5 Å². The Bertz CT molecular complexity index is 300. The van der Waals surface area contributed by atoms with E-state index in [0.717, 1.165) is 32.0 Å². The molecule has 2 aliphatic rings. The second kappa shape index (κ2) is 2.80. The quantitative estimate of drug-likeness (QED) is 0.622. The molecule has 0 amide bonds. The van der Waals surface area contributed by atoms with Gasteiger partial charge in [-0.15, -0.1) is 0 Å². The van der Waals surface area contributed by atoms with Gasteiger partial charge in [-0.3, -0.25) is 0 Å². The number of hydrogen-bond donors (Lipinski definition) is 0. The minimum absolute atomic E-state index is 0.105. The van der Waals surface area contributed by atoms with Crippen LogP contribution in [0.2, 0.25) is 0 Å². The minimum Gasteiger partial charge on any atom is -0.303 e. The van der Waals surface area contributed by atoms with Gasteiger partial charge in [-0.25, -0.2) is 8.42 Å². The molecule has 1 heterocycles. The number of sulfone groups is 1. The molecule has 0 N–H and O–H groups in total. The third-order valence-electron chi connectivity index (χ3n) is 3.38. The van der Waals surface area contributed by atoms with E-state index in [4.69, 9.17) is 0 Å². The Morgan fingerprint density at radius 1 is 1.15 bits per heavy atom. The first-order valence-corrected chi connectivity index (χ1v) is 6.57. The van der Waals surface area contributed by atoms with Gasteiger partial charge in [-0.1, -0.05) is 12.8 Å². The van der Waals surface area contributed by atoms with Gasteiger partial charge in [0, 0.05) is 0 Å². The zero-order valence-electron chi connectivity index (χ0n) is 7.53. The second-order valence-electron chi connectivity index (χ2n) is 4.36. The van der Waals surface area contributed by atoms with E-state index in [1.54, 1.807) is 0 Å². The molecular weight excluding hydrogens is 188 g/mol. The van der Waals surface area contributed by atoms with Crippen LogP contribution in [0, 0.1) is 11.3 Å². The molecule has 1 saturated carbocycles. The fraction of sp³-hybridized carbons (Fsp3) is 0.889. The molecule has 0 aromatic rings. The molecule has 2 fully saturated rings. The summed E-state index contributed by atoms with van der Waals surface area (Å²) < 4.78 is 22.1. The van der Waals surface area contributed by atoms with Crippen molar-refractivity contribution in [1.29, 1.82) is 0 Å². The van der Waals surface area contributed by atoms with E-state index in [0.29, 0.717) is 5.92 Å². The maximum Gasteiger partial charge on any atom is 0.152 e. The molecule has 1 aliphatic heterocycles. The number of carbonyl (C=O) groups excluding carboxylic acids is 1. The van der Waals surface area contributed by atoms with Gasteiger partial charge < -0.3 is 4.79 Å². The van der Waals surface area contributed by atoms with Crippen LogP contribution in [0.1, 0.15) is 25.7 Å². The van der Waals surface area contributed by atoms with Gasteiger partial charge in [-0.2, -0.15) is 0 Å².